The molecular formula is C32H40O21. The smallest absolute Gasteiger partial charge is 0.229 e. The highest BCUT2D eigenvalue weighted by molar-refractivity contribution is 5.70. The van der Waals surface area contributed by atoms with E-state index in [0.29, 0.717) is 0 Å². The minimum atomic E-state index is -1.93. The second kappa shape index (κ2) is 15.5. The minimum Gasteiger partial charge on any atom is -0.508 e. The summed E-state index contributed by atoms with van der Waals surface area (Å²) in [5.74, 6) is -3.74. The van der Waals surface area contributed by atoms with Crippen LogP contribution in [0.25, 0.3) is 6.08 Å². The number of phenols is 4. The number of phenolic OH excluding ortho intramolecular Hbond substituents is 4. The van der Waals surface area contributed by atoms with Gasteiger partial charge in [0, 0.05) is 17.7 Å². The Morgan fingerprint density at radius 3 is 1.89 bits per heavy atom. The van der Waals surface area contributed by atoms with Gasteiger partial charge in [-0.2, -0.15) is 0 Å². The third-order valence-electron chi connectivity index (χ3n) is 9.19. The first-order chi connectivity index (χ1) is 25.1. The van der Waals surface area contributed by atoms with Gasteiger partial charge in [0.15, 0.2) is 35.7 Å². The number of benzene rings is 2. The molecule has 0 aromatic heterocycles. The zero-order chi connectivity index (χ0) is 38.5. The van der Waals surface area contributed by atoms with Crippen LogP contribution in [0.2, 0.25) is 0 Å². The van der Waals surface area contributed by atoms with E-state index in [4.69, 9.17) is 33.2 Å². The molecule has 21 nitrogen and oxygen atoms in total. The average molecular weight is 761 g/mol. The predicted octanol–water partition coefficient (Wildman–Crippen LogP) is -4.56. The number of fused-ring (bicyclic) bond motifs is 1. The molecule has 2 aromatic rings. The fourth-order valence-electron chi connectivity index (χ4n) is 6.21. The van der Waals surface area contributed by atoms with Crippen LogP contribution in [0.15, 0.2) is 30.0 Å². The van der Waals surface area contributed by atoms with E-state index >= 15 is 0 Å². The molecule has 6 rings (SSSR count). The Hall–Kier alpha value is -3.78. The van der Waals surface area contributed by atoms with Crippen LogP contribution in [0.1, 0.15) is 17.2 Å². The van der Waals surface area contributed by atoms with Crippen molar-refractivity contribution in [1.29, 1.82) is 0 Å². The first-order valence-corrected chi connectivity index (χ1v) is 16.2. The van der Waals surface area contributed by atoms with Crippen molar-refractivity contribution in [2.75, 3.05) is 19.8 Å². The maximum absolute atomic E-state index is 11.1. The number of rotatable bonds is 9. The Bertz CT molecular complexity index is 1610. The van der Waals surface area contributed by atoms with Crippen molar-refractivity contribution in [2.24, 2.45) is 0 Å². The first kappa shape index (κ1) is 38.9. The molecule has 0 saturated carbocycles. The molecule has 0 amide bonds. The van der Waals surface area contributed by atoms with E-state index < -0.39 is 135 Å². The van der Waals surface area contributed by atoms with Crippen LogP contribution in [0.4, 0.5) is 0 Å². The Kier molecular flexibility index (Phi) is 11.4. The van der Waals surface area contributed by atoms with Gasteiger partial charge in [-0.25, -0.2) is 0 Å². The van der Waals surface area contributed by atoms with Gasteiger partial charge in [-0.3, -0.25) is 0 Å². The second-order valence-corrected chi connectivity index (χ2v) is 12.8. The number of hydrogen-bond donors (Lipinski definition) is 14. The minimum absolute atomic E-state index is 0.0612. The Labute approximate surface area is 298 Å². The highest BCUT2D eigenvalue weighted by Crippen LogP contribution is 2.48. The summed E-state index contributed by atoms with van der Waals surface area (Å²) in [5.41, 5.74) is -0.154. The molecule has 4 heterocycles. The first-order valence-electron chi connectivity index (χ1n) is 16.2. The lowest BCUT2D eigenvalue weighted by molar-refractivity contribution is -0.352. The van der Waals surface area contributed by atoms with Crippen molar-refractivity contribution in [1.82, 2.24) is 0 Å². The van der Waals surface area contributed by atoms with Gasteiger partial charge in [-0.1, -0.05) is 0 Å². The lowest BCUT2D eigenvalue weighted by Gasteiger charge is -2.45. The van der Waals surface area contributed by atoms with Crippen LogP contribution in [-0.4, -0.2) is 177 Å². The molecule has 4 aliphatic rings. The summed E-state index contributed by atoms with van der Waals surface area (Å²) in [6, 6.07) is 4.13. The highest BCUT2D eigenvalue weighted by Gasteiger charge is 2.51. The lowest BCUT2D eigenvalue weighted by atomic mass is 9.97. The molecule has 294 valence electrons. The summed E-state index contributed by atoms with van der Waals surface area (Å²) in [6.07, 6.45) is -24.5. The molecule has 21 heteroatoms. The van der Waals surface area contributed by atoms with Crippen molar-refractivity contribution >= 4 is 6.08 Å². The van der Waals surface area contributed by atoms with Crippen molar-refractivity contribution in [3.05, 3.63) is 41.2 Å². The predicted molar refractivity (Wildman–Crippen MR) is 167 cm³/mol. The number of ether oxygens (including phenoxy) is 7. The van der Waals surface area contributed by atoms with E-state index in [-0.39, 0.29) is 28.4 Å². The van der Waals surface area contributed by atoms with Gasteiger partial charge in [0.1, 0.15) is 84.0 Å². The fraction of sp³-hybridized carbons (Fsp3) is 0.562. The van der Waals surface area contributed by atoms with Crippen LogP contribution >= 0.6 is 0 Å². The van der Waals surface area contributed by atoms with Crippen molar-refractivity contribution in [2.45, 2.75) is 92.1 Å². The van der Waals surface area contributed by atoms with Crippen LogP contribution < -0.4 is 9.47 Å². The van der Waals surface area contributed by atoms with E-state index in [0.717, 1.165) is 24.3 Å². The third kappa shape index (κ3) is 7.50. The van der Waals surface area contributed by atoms with Crippen LogP contribution in [0, 0.1) is 0 Å². The number of aliphatic hydroxyl groups is 10. The summed E-state index contributed by atoms with van der Waals surface area (Å²) in [6.45, 7) is -2.13. The molecule has 14 N–H and O–H groups in total. The molecule has 2 aromatic carbocycles. The molecule has 0 bridgehead atoms. The quantitative estimate of drug-likeness (QED) is 0.107. The van der Waals surface area contributed by atoms with Crippen molar-refractivity contribution < 1.29 is 105 Å². The zero-order valence-electron chi connectivity index (χ0n) is 27.3. The summed E-state index contributed by atoms with van der Waals surface area (Å²) in [7, 11) is 0. The third-order valence-corrected chi connectivity index (χ3v) is 9.19. The Morgan fingerprint density at radius 1 is 0.642 bits per heavy atom. The topological polar surface area (TPSA) is 348 Å². The maximum Gasteiger partial charge on any atom is 0.229 e. The molecule has 0 spiro atoms. The molecule has 15 unspecified atom stereocenters. The fourth-order valence-corrected chi connectivity index (χ4v) is 6.21. The van der Waals surface area contributed by atoms with Gasteiger partial charge >= 0.3 is 0 Å². The Morgan fingerprint density at radius 2 is 1.25 bits per heavy atom. The van der Waals surface area contributed by atoms with E-state index in [1.807, 2.05) is 0 Å². The molecule has 0 aliphatic carbocycles. The molecule has 15 atom stereocenters. The lowest BCUT2D eigenvalue weighted by Crippen LogP contribution is -2.63. The van der Waals surface area contributed by atoms with Gasteiger partial charge < -0.3 is 105 Å². The number of hydrogen-bond acceptors (Lipinski definition) is 21. The Balaban J connectivity index is 1.41. The average Bonchev–Trinajstić information content (AvgIpc) is 3.13. The standard InChI is InChI=1S/C32H40O21/c33-6-18-22(41)24(43)27(46)31(51-18)49-16-4-10(35)3-15-11(16)5-17(28(48-15)9-1-12(36)20(39)13(37)2-9)50-32-29(25(44)23(42)19(7-34)52-32)53-30-26(45)21(40)14(38)8-47-30/h1-5,14,18-19,21-46H,6-8H2. The van der Waals surface area contributed by atoms with E-state index in [1.54, 1.807) is 0 Å². The summed E-state index contributed by atoms with van der Waals surface area (Å²) in [5, 5.41) is 144. The monoisotopic (exact) mass is 760 g/mol. The second-order valence-electron chi connectivity index (χ2n) is 12.8. The van der Waals surface area contributed by atoms with Gasteiger partial charge in [0.25, 0.3) is 0 Å². The zero-order valence-corrected chi connectivity index (χ0v) is 27.3. The van der Waals surface area contributed by atoms with Crippen LogP contribution in [0.5, 0.6) is 34.5 Å². The highest BCUT2D eigenvalue weighted by atomic mass is 16.8. The van der Waals surface area contributed by atoms with E-state index in [1.165, 1.54) is 6.08 Å². The molecule has 53 heavy (non-hydrogen) atoms. The largest absolute Gasteiger partial charge is 0.508 e. The summed E-state index contributed by atoms with van der Waals surface area (Å²) >= 11 is 0. The number of aliphatic hydroxyl groups excluding tert-OH is 10. The van der Waals surface area contributed by atoms with Crippen LogP contribution in [0.3, 0.4) is 0 Å². The summed E-state index contributed by atoms with van der Waals surface area (Å²) in [4.78, 5) is 0. The maximum atomic E-state index is 11.1. The molecule has 4 aliphatic heterocycles. The van der Waals surface area contributed by atoms with E-state index in [9.17, 15) is 71.5 Å². The van der Waals surface area contributed by atoms with Crippen molar-refractivity contribution in [3.63, 3.8) is 0 Å². The molecule has 3 saturated heterocycles. The van der Waals surface area contributed by atoms with Crippen molar-refractivity contribution in [3.8, 4) is 34.5 Å². The SMILES string of the molecule is OCC1OC(Oc2cc(O)cc3c2C=C(OC2OC(CO)C(O)C(O)C2OC2OCC(O)C(O)C2O)C(c2cc(O)c(O)c(O)c2)O3)C(O)C(O)C1O. The van der Waals surface area contributed by atoms with E-state index in [2.05, 4.69) is 0 Å². The van der Waals surface area contributed by atoms with Gasteiger partial charge in [0.2, 0.25) is 12.6 Å². The van der Waals surface area contributed by atoms with Crippen LogP contribution in [-0.2, 0) is 23.7 Å². The van der Waals surface area contributed by atoms with Gasteiger partial charge in [0.05, 0.1) is 25.4 Å². The normalized spacial score (nSPS) is 38.7. The molecular weight excluding hydrogens is 720 g/mol. The molecule has 3 fully saturated rings. The molecule has 0 radical (unpaired) electrons. The number of aromatic hydroxyl groups is 4. The van der Waals surface area contributed by atoms with Gasteiger partial charge in [-0.15, -0.1) is 0 Å². The van der Waals surface area contributed by atoms with Gasteiger partial charge in [-0.05, 0) is 18.2 Å². The summed E-state index contributed by atoms with van der Waals surface area (Å²) < 4.78 is 40.2.